The lowest BCUT2D eigenvalue weighted by Gasteiger charge is -2.33. The van der Waals surface area contributed by atoms with Gasteiger partial charge >= 0.3 is 0 Å². The fourth-order valence-electron chi connectivity index (χ4n) is 3.68. The number of nitrogens with one attached hydrogen (secondary N) is 1. The van der Waals surface area contributed by atoms with Crippen LogP contribution >= 0.6 is 11.8 Å². The van der Waals surface area contributed by atoms with Crippen LogP contribution in [-0.4, -0.2) is 38.8 Å². The number of H-pyrrole nitrogens is 1. The molecule has 30 heavy (non-hydrogen) atoms. The minimum atomic E-state index is -0.267. The Morgan fingerprint density at radius 3 is 2.87 bits per heavy atom. The van der Waals surface area contributed by atoms with Crippen molar-refractivity contribution in [3.05, 3.63) is 76.9 Å². The van der Waals surface area contributed by atoms with E-state index in [4.69, 9.17) is 0 Å². The second kappa shape index (κ2) is 9.26. The number of amides is 1. The van der Waals surface area contributed by atoms with Crippen LogP contribution in [-0.2, 0) is 11.2 Å². The van der Waals surface area contributed by atoms with Gasteiger partial charge in [0.05, 0.1) is 11.8 Å². The zero-order chi connectivity index (χ0) is 20.9. The molecule has 1 aromatic heterocycles. The third-order valence-corrected chi connectivity index (χ3v) is 6.14. The highest BCUT2D eigenvalue weighted by Gasteiger charge is 2.26. The number of fused-ring (bicyclic) bond motifs is 1. The van der Waals surface area contributed by atoms with Crippen molar-refractivity contribution in [2.45, 2.75) is 30.5 Å². The van der Waals surface area contributed by atoms with Crippen LogP contribution in [0.4, 0.5) is 4.39 Å². The first-order chi connectivity index (χ1) is 14.6. The lowest BCUT2D eigenvalue weighted by molar-refractivity contribution is -0.129. The minimum Gasteiger partial charge on any atom is -0.338 e. The van der Waals surface area contributed by atoms with E-state index < -0.39 is 0 Å². The van der Waals surface area contributed by atoms with E-state index in [1.165, 1.54) is 35.0 Å². The van der Waals surface area contributed by atoms with E-state index in [9.17, 15) is 9.18 Å². The number of halogens is 1. The lowest BCUT2D eigenvalue weighted by Crippen LogP contribution is -2.34. The number of thioether (sulfide) groups is 1. The summed E-state index contributed by atoms with van der Waals surface area (Å²) in [7, 11) is 1.88. The van der Waals surface area contributed by atoms with Crippen LogP contribution in [0, 0.1) is 5.82 Å². The summed E-state index contributed by atoms with van der Waals surface area (Å²) in [5.74, 6) is 0.671. The molecule has 0 saturated heterocycles. The van der Waals surface area contributed by atoms with Gasteiger partial charge in [0, 0.05) is 7.05 Å². The van der Waals surface area contributed by atoms with Gasteiger partial charge in [0.25, 0.3) is 0 Å². The molecular weight excluding hydrogens is 399 g/mol. The molecule has 1 aliphatic carbocycles. The largest absolute Gasteiger partial charge is 0.338 e. The van der Waals surface area contributed by atoms with Crippen LogP contribution in [0.25, 0.3) is 12.2 Å². The third-order valence-electron chi connectivity index (χ3n) is 5.31. The molecule has 4 rings (SSSR count). The number of aryl methyl sites for hydroxylation is 1. The Morgan fingerprint density at radius 2 is 2.03 bits per heavy atom. The zero-order valence-corrected chi connectivity index (χ0v) is 17.5. The predicted octanol–water partition coefficient (Wildman–Crippen LogP) is 4.74. The van der Waals surface area contributed by atoms with Crippen molar-refractivity contribution >= 4 is 29.8 Å². The summed E-state index contributed by atoms with van der Waals surface area (Å²) in [6.45, 7) is 0. The Bertz CT molecular complexity index is 1050. The molecule has 3 aromatic rings. The van der Waals surface area contributed by atoms with E-state index in [1.807, 2.05) is 24.1 Å². The van der Waals surface area contributed by atoms with Gasteiger partial charge in [-0.25, -0.2) is 9.37 Å². The molecule has 0 radical (unpaired) electrons. The quantitative estimate of drug-likeness (QED) is 0.583. The second-order valence-electron chi connectivity index (χ2n) is 7.29. The number of rotatable bonds is 6. The average Bonchev–Trinajstić information content (AvgIpc) is 3.24. The smallest absolute Gasteiger partial charge is 0.233 e. The standard InChI is InChI=1S/C23H23FN4OS/c1-28(20-8-4-6-17-5-2-3-7-19(17)20)22(29)15-30-23-25-21(26-27-23)14-11-16-9-12-18(24)13-10-16/h2-3,5,7,9-14,20H,4,6,8,15H2,1H3,(H,25,26,27). The first kappa shape index (κ1) is 20.3. The van der Waals surface area contributed by atoms with Gasteiger partial charge in [-0.05, 0) is 54.2 Å². The zero-order valence-electron chi connectivity index (χ0n) is 16.7. The summed E-state index contributed by atoms with van der Waals surface area (Å²) >= 11 is 1.32. The van der Waals surface area contributed by atoms with E-state index in [0.29, 0.717) is 11.0 Å². The Balaban J connectivity index is 1.34. The molecule has 7 heteroatoms. The molecule has 1 atom stereocenters. The molecule has 0 bridgehead atoms. The first-order valence-corrected chi connectivity index (χ1v) is 10.9. The van der Waals surface area contributed by atoms with Crippen molar-refractivity contribution in [3.63, 3.8) is 0 Å². The maximum Gasteiger partial charge on any atom is 0.233 e. The molecule has 1 unspecified atom stereocenters. The van der Waals surface area contributed by atoms with Gasteiger partial charge in [-0.3, -0.25) is 9.89 Å². The monoisotopic (exact) mass is 422 g/mol. The van der Waals surface area contributed by atoms with Crippen molar-refractivity contribution in [1.29, 1.82) is 0 Å². The van der Waals surface area contributed by atoms with Gasteiger partial charge in [0.15, 0.2) is 0 Å². The summed E-state index contributed by atoms with van der Waals surface area (Å²) < 4.78 is 13.0. The predicted molar refractivity (Wildman–Crippen MR) is 117 cm³/mol. The number of hydrogen-bond donors (Lipinski definition) is 1. The molecule has 2 aromatic carbocycles. The van der Waals surface area contributed by atoms with Crippen LogP contribution < -0.4 is 0 Å². The van der Waals surface area contributed by atoms with Crippen LogP contribution in [0.15, 0.2) is 53.7 Å². The van der Waals surface area contributed by atoms with Gasteiger partial charge in [-0.2, -0.15) is 0 Å². The summed E-state index contributed by atoms with van der Waals surface area (Å²) in [5.41, 5.74) is 3.47. The number of carbonyl (C=O) groups is 1. The van der Waals surface area contributed by atoms with E-state index in [2.05, 4.69) is 33.4 Å². The number of aromatic nitrogens is 3. The van der Waals surface area contributed by atoms with Crippen LogP contribution in [0.2, 0.25) is 0 Å². The lowest BCUT2D eigenvalue weighted by atomic mass is 9.87. The topological polar surface area (TPSA) is 61.9 Å². The highest BCUT2D eigenvalue weighted by atomic mass is 32.2. The maximum atomic E-state index is 13.0. The normalized spacial score (nSPS) is 15.9. The molecule has 154 valence electrons. The average molecular weight is 423 g/mol. The fraction of sp³-hybridized carbons (Fsp3) is 0.261. The molecule has 0 fully saturated rings. The third kappa shape index (κ3) is 4.79. The molecule has 0 aliphatic heterocycles. The van der Waals surface area contributed by atoms with Gasteiger partial charge in [0.2, 0.25) is 11.1 Å². The fourth-order valence-corrected chi connectivity index (χ4v) is 4.41. The highest BCUT2D eigenvalue weighted by Crippen LogP contribution is 2.33. The summed E-state index contributed by atoms with van der Waals surface area (Å²) in [5, 5.41) is 7.54. The number of nitrogens with zero attached hydrogens (tertiary/aromatic N) is 3. The van der Waals surface area contributed by atoms with Gasteiger partial charge in [-0.1, -0.05) is 54.2 Å². The minimum absolute atomic E-state index is 0.0647. The van der Waals surface area contributed by atoms with Crippen molar-refractivity contribution in [2.75, 3.05) is 12.8 Å². The first-order valence-electron chi connectivity index (χ1n) is 9.92. The molecular formula is C23H23FN4OS. The van der Waals surface area contributed by atoms with Crippen molar-refractivity contribution < 1.29 is 9.18 Å². The van der Waals surface area contributed by atoms with Crippen LogP contribution in [0.3, 0.4) is 0 Å². The molecule has 1 aliphatic rings. The Morgan fingerprint density at radius 1 is 1.23 bits per heavy atom. The van der Waals surface area contributed by atoms with Crippen LogP contribution in [0.5, 0.6) is 0 Å². The summed E-state index contributed by atoms with van der Waals surface area (Å²) in [4.78, 5) is 19.0. The van der Waals surface area contributed by atoms with Crippen molar-refractivity contribution in [1.82, 2.24) is 20.1 Å². The Labute approximate surface area is 179 Å². The second-order valence-corrected chi connectivity index (χ2v) is 8.23. The molecule has 1 N–H and O–H groups in total. The van der Waals surface area contributed by atoms with Gasteiger partial charge in [-0.15, -0.1) is 5.10 Å². The summed E-state index contributed by atoms with van der Waals surface area (Å²) in [6, 6.07) is 14.7. The SMILES string of the molecule is CN(C(=O)CSc1n[nH]c(C=Cc2ccc(F)cc2)n1)C1CCCc2ccccc21. The van der Waals surface area contributed by atoms with E-state index >= 15 is 0 Å². The van der Waals surface area contributed by atoms with E-state index in [-0.39, 0.29) is 23.5 Å². The molecule has 1 amide bonds. The Kier molecular flexibility index (Phi) is 6.28. The van der Waals surface area contributed by atoms with Crippen molar-refractivity contribution in [3.8, 4) is 0 Å². The molecule has 5 nitrogen and oxygen atoms in total. The highest BCUT2D eigenvalue weighted by molar-refractivity contribution is 7.99. The number of aromatic amines is 1. The van der Waals surface area contributed by atoms with Gasteiger partial charge in [0.1, 0.15) is 11.6 Å². The molecule has 0 saturated carbocycles. The van der Waals surface area contributed by atoms with E-state index in [0.717, 1.165) is 24.8 Å². The van der Waals surface area contributed by atoms with E-state index in [1.54, 1.807) is 18.2 Å². The summed E-state index contributed by atoms with van der Waals surface area (Å²) in [6.07, 6.45) is 6.76. The number of hydrogen-bond acceptors (Lipinski definition) is 4. The maximum absolute atomic E-state index is 13.0. The molecule has 1 heterocycles. The Hall–Kier alpha value is -2.93. The number of benzene rings is 2. The number of carbonyl (C=O) groups excluding carboxylic acids is 1. The molecule has 0 spiro atoms. The van der Waals surface area contributed by atoms with Crippen molar-refractivity contribution in [2.24, 2.45) is 0 Å². The van der Waals surface area contributed by atoms with Gasteiger partial charge < -0.3 is 4.90 Å². The van der Waals surface area contributed by atoms with Crippen LogP contribution in [0.1, 0.15) is 41.4 Å².